The van der Waals surface area contributed by atoms with E-state index in [0.717, 1.165) is 19.3 Å². The van der Waals surface area contributed by atoms with Crippen LogP contribution in [0.4, 0.5) is 0 Å². The van der Waals surface area contributed by atoms with Gasteiger partial charge in [-0.25, -0.2) is 0 Å². The van der Waals surface area contributed by atoms with Crippen LogP contribution in [0.15, 0.2) is 11.6 Å². The lowest BCUT2D eigenvalue weighted by molar-refractivity contribution is -0.0862. The number of fused-ring (bicyclic) bond motifs is 1. The Kier molecular flexibility index (Phi) is 7.36. The van der Waals surface area contributed by atoms with Crippen LogP contribution in [0.5, 0.6) is 0 Å². The van der Waals surface area contributed by atoms with Crippen LogP contribution >= 0.6 is 0 Å². The van der Waals surface area contributed by atoms with Gasteiger partial charge in [0.05, 0.1) is 6.10 Å². The van der Waals surface area contributed by atoms with Crippen molar-refractivity contribution < 1.29 is 14.0 Å². The van der Waals surface area contributed by atoms with E-state index in [9.17, 15) is 5.11 Å². The molecule has 5 atom stereocenters. The summed E-state index contributed by atoms with van der Waals surface area (Å²) in [5, 5.41) is 9.57. The molecule has 2 saturated carbocycles. The van der Waals surface area contributed by atoms with Crippen LogP contribution in [-0.4, -0.2) is 40.1 Å². The highest BCUT2D eigenvalue weighted by molar-refractivity contribution is 6.74. The monoisotopic (exact) mass is 490 g/mol. The Morgan fingerprint density at radius 3 is 2.06 bits per heavy atom. The van der Waals surface area contributed by atoms with E-state index < -0.39 is 22.2 Å². The van der Waals surface area contributed by atoms with Gasteiger partial charge >= 0.3 is 0 Å². The first-order chi connectivity index (χ1) is 15.0. The molecule has 0 heterocycles. The van der Waals surface area contributed by atoms with E-state index >= 15 is 0 Å². The van der Waals surface area contributed by atoms with E-state index in [-0.39, 0.29) is 22.8 Å². The van der Waals surface area contributed by atoms with Gasteiger partial charge in [-0.05, 0) is 79.7 Å². The lowest BCUT2D eigenvalue weighted by atomic mass is 9.49. The minimum atomic E-state index is -1.99. The Morgan fingerprint density at radius 2 is 1.58 bits per heavy atom. The zero-order valence-electron chi connectivity index (χ0n) is 23.3. The quantitative estimate of drug-likeness (QED) is 0.170. The molecule has 0 aromatic heterocycles. The highest BCUT2D eigenvalue weighted by Crippen LogP contribution is 2.61. The van der Waals surface area contributed by atoms with E-state index in [1.54, 1.807) is 5.57 Å². The second-order valence-corrected chi connectivity index (χ2v) is 23.4. The summed E-state index contributed by atoms with van der Waals surface area (Å²) in [6.45, 7) is 26.1. The molecule has 33 heavy (non-hydrogen) atoms. The van der Waals surface area contributed by atoms with E-state index in [1.165, 1.54) is 6.42 Å². The van der Waals surface area contributed by atoms with Gasteiger partial charge in [-0.15, -0.1) is 0 Å². The van der Waals surface area contributed by atoms with Gasteiger partial charge in [-0.1, -0.05) is 72.0 Å². The third-order valence-electron chi connectivity index (χ3n) is 9.63. The lowest BCUT2D eigenvalue weighted by Crippen LogP contribution is -2.61. The fraction of sp³-hybridized carbons (Fsp3) is 0.857. The zero-order valence-corrected chi connectivity index (χ0v) is 25.3. The van der Waals surface area contributed by atoms with Gasteiger partial charge in [0.2, 0.25) is 0 Å². The standard InChI is InChI=1S/C28H50O3Si2/c1-20-21(14-12-13-19-29)22-15-16-23(30-32(8,9)26(2,3)4)25(24(20)22)28(17-18-28)31-33(10,11)27(5,6)7/h14,20,22-25,29H,12-13,15-16,19H2,1-11H3/b21-14-/t20?,22-,23-,24+,25-/m1/s1. The third kappa shape index (κ3) is 5.12. The molecule has 3 nitrogen and oxygen atoms in total. The van der Waals surface area contributed by atoms with Gasteiger partial charge in [0.1, 0.15) is 0 Å². The molecule has 5 heteroatoms. The average Bonchev–Trinajstić information content (AvgIpc) is 3.42. The second-order valence-electron chi connectivity index (χ2n) is 13.9. The third-order valence-corrected chi connectivity index (χ3v) is 18.6. The van der Waals surface area contributed by atoms with Crippen molar-refractivity contribution in [2.45, 2.75) is 122 Å². The van der Waals surface area contributed by atoms with Crippen molar-refractivity contribution in [1.29, 1.82) is 0 Å². The molecule has 2 fully saturated rings. The van der Waals surface area contributed by atoms with Crippen molar-refractivity contribution in [1.82, 2.24) is 0 Å². The maximum absolute atomic E-state index is 9.24. The number of hydrogen-bond acceptors (Lipinski definition) is 3. The summed E-state index contributed by atoms with van der Waals surface area (Å²) in [6, 6.07) is 0. The fourth-order valence-electron chi connectivity index (χ4n) is 5.52. The van der Waals surface area contributed by atoms with E-state index in [1.807, 2.05) is 0 Å². The summed E-state index contributed by atoms with van der Waals surface area (Å²) in [5.74, 6) is 9.04. The van der Waals surface area contributed by atoms with Crippen LogP contribution in [0.2, 0.25) is 36.3 Å². The predicted molar refractivity (Wildman–Crippen MR) is 144 cm³/mol. The van der Waals surface area contributed by atoms with Crippen LogP contribution in [0.1, 0.15) is 74.1 Å². The maximum Gasteiger partial charge on any atom is 0.195 e. The Morgan fingerprint density at radius 1 is 1.00 bits per heavy atom. The first kappa shape index (κ1) is 27.2. The number of rotatable bonds is 8. The molecule has 0 saturated heterocycles. The molecule has 0 spiro atoms. The van der Waals surface area contributed by atoms with Gasteiger partial charge < -0.3 is 14.0 Å². The van der Waals surface area contributed by atoms with Gasteiger partial charge in [-0.3, -0.25) is 0 Å². The first-order valence-corrected chi connectivity index (χ1v) is 19.0. The highest BCUT2D eigenvalue weighted by atomic mass is 28.4. The maximum atomic E-state index is 9.24. The molecule has 1 N–H and O–H groups in total. The number of hydrogen-bond donors (Lipinski definition) is 1. The van der Waals surface area contributed by atoms with Crippen LogP contribution in [-0.2, 0) is 8.85 Å². The van der Waals surface area contributed by atoms with Crippen molar-refractivity contribution in [3.8, 4) is 11.8 Å². The molecule has 0 aliphatic heterocycles. The van der Waals surface area contributed by atoms with Crippen molar-refractivity contribution >= 4 is 16.6 Å². The van der Waals surface area contributed by atoms with Crippen LogP contribution in [0, 0.1) is 35.5 Å². The van der Waals surface area contributed by atoms with Crippen LogP contribution < -0.4 is 0 Å². The smallest absolute Gasteiger partial charge is 0.195 e. The molecule has 0 amide bonds. The molecule has 3 rings (SSSR count). The minimum absolute atomic E-state index is 0.149. The van der Waals surface area contributed by atoms with Gasteiger partial charge in [0, 0.05) is 12.5 Å². The summed E-state index contributed by atoms with van der Waals surface area (Å²) in [5.41, 5.74) is 1.14. The van der Waals surface area contributed by atoms with E-state index in [2.05, 4.69) is 92.6 Å². The number of allylic oxidation sites excluding steroid dienone is 2. The summed E-state index contributed by atoms with van der Waals surface area (Å²) < 4.78 is 14.3. The first-order valence-electron chi connectivity index (χ1n) is 13.2. The number of aliphatic hydroxyl groups excluding tert-OH is 1. The zero-order chi connectivity index (χ0) is 25.0. The molecular formula is C28H50O3Si2. The van der Waals surface area contributed by atoms with Crippen molar-refractivity contribution in [2.75, 3.05) is 6.61 Å². The number of unbranched alkanes of at least 4 members (excludes halogenated alkanes) is 1. The highest BCUT2D eigenvalue weighted by Gasteiger charge is 2.64. The topological polar surface area (TPSA) is 38.7 Å². The van der Waals surface area contributed by atoms with E-state index in [0.29, 0.717) is 23.7 Å². The van der Waals surface area contributed by atoms with Gasteiger partial charge in [0.25, 0.3) is 0 Å². The normalized spacial score (nSPS) is 32.6. The Labute approximate surface area is 206 Å². The molecule has 0 aromatic rings. The van der Waals surface area contributed by atoms with Crippen molar-refractivity contribution in [3.05, 3.63) is 11.6 Å². The lowest BCUT2D eigenvalue weighted by Gasteiger charge is -2.59. The Bertz CT molecular complexity index is 811. The Balaban J connectivity index is 1.92. The van der Waals surface area contributed by atoms with Crippen molar-refractivity contribution in [2.24, 2.45) is 23.7 Å². The van der Waals surface area contributed by atoms with Crippen molar-refractivity contribution in [3.63, 3.8) is 0 Å². The summed E-state index contributed by atoms with van der Waals surface area (Å²) in [6.07, 6.45) is 6.76. The minimum Gasteiger partial charge on any atom is -0.413 e. The predicted octanol–water partition coefficient (Wildman–Crippen LogP) is 7.15. The SMILES string of the molecule is CC1/C(=C/CCCO)[C@H]2CC[C@@H](O[Si](C)(C)C(C)(C)C)[C@@H](C3(O[Si](C)(C)C(C)(C)C)C#C3)[C@@H]12. The molecule has 0 radical (unpaired) electrons. The molecule has 0 bridgehead atoms. The summed E-state index contributed by atoms with van der Waals surface area (Å²) in [4.78, 5) is 0. The second kappa shape index (κ2) is 8.93. The number of aliphatic hydroxyl groups is 1. The molecule has 3 aliphatic carbocycles. The molecule has 188 valence electrons. The Hall–Kier alpha value is -0.386. The van der Waals surface area contributed by atoms with Gasteiger partial charge in [-0.2, -0.15) is 0 Å². The van der Waals surface area contributed by atoms with Crippen LogP contribution in [0.3, 0.4) is 0 Å². The molecular weight excluding hydrogens is 440 g/mol. The van der Waals surface area contributed by atoms with E-state index in [4.69, 9.17) is 8.85 Å². The van der Waals surface area contributed by atoms with Crippen LogP contribution in [0.25, 0.3) is 0 Å². The summed E-state index contributed by atoms with van der Waals surface area (Å²) >= 11 is 0. The fourth-order valence-corrected chi connectivity index (χ4v) is 8.25. The average molecular weight is 491 g/mol. The largest absolute Gasteiger partial charge is 0.413 e. The molecule has 3 aliphatic rings. The molecule has 0 aromatic carbocycles. The molecule has 1 unspecified atom stereocenters. The van der Waals surface area contributed by atoms with Gasteiger partial charge in [0.15, 0.2) is 22.2 Å². The summed E-state index contributed by atoms with van der Waals surface area (Å²) in [7, 11) is -3.91.